The van der Waals surface area contributed by atoms with Gasteiger partial charge in [0.1, 0.15) is 5.52 Å². The molecule has 136 valence electrons. The van der Waals surface area contributed by atoms with E-state index < -0.39 is 0 Å². The van der Waals surface area contributed by atoms with Crippen molar-refractivity contribution in [1.29, 1.82) is 0 Å². The van der Waals surface area contributed by atoms with Crippen molar-refractivity contribution in [1.82, 2.24) is 25.1 Å². The Balaban J connectivity index is 1.49. The Kier molecular flexibility index (Phi) is 4.77. The van der Waals surface area contributed by atoms with Crippen LogP contribution < -0.4 is 0 Å². The number of carbonyl (C=O) groups is 1. The van der Waals surface area contributed by atoms with Crippen LogP contribution in [0.4, 0.5) is 0 Å². The van der Waals surface area contributed by atoms with Gasteiger partial charge in [0.05, 0.1) is 5.25 Å². The summed E-state index contributed by atoms with van der Waals surface area (Å²) < 4.78 is 0. The van der Waals surface area contributed by atoms with E-state index in [1.54, 1.807) is 4.90 Å². The summed E-state index contributed by atoms with van der Waals surface area (Å²) in [6, 6.07) is 17.8. The number of rotatable bonds is 5. The third-order valence-corrected chi connectivity index (χ3v) is 5.31. The van der Waals surface area contributed by atoms with E-state index in [1.807, 2.05) is 68.6 Å². The maximum atomic E-state index is 12.7. The minimum Gasteiger partial charge on any atom is -0.340 e. The molecule has 6 nitrogen and oxygen atoms in total. The first kappa shape index (κ1) is 17.5. The molecule has 4 aromatic rings. The Morgan fingerprint density at radius 2 is 1.85 bits per heavy atom. The second kappa shape index (κ2) is 7.36. The van der Waals surface area contributed by atoms with E-state index in [1.165, 1.54) is 11.8 Å². The number of amides is 1. The number of H-pyrrole nitrogens is 1. The lowest BCUT2D eigenvalue weighted by molar-refractivity contribution is -0.129. The van der Waals surface area contributed by atoms with Crippen LogP contribution in [0.3, 0.4) is 0 Å². The minimum atomic E-state index is -0.303. The van der Waals surface area contributed by atoms with Crippen LogP contribution in [0, 0.1) is 0 Å². The lowest BCUT2D eigenvalue weighted by Crippen LogP contribution is -2.32. The van der Waals surface area contributed by atoms with Gasteiger partial charge in [0.2, 0.25) is 11.1 Å². The van der Waals surface area contributed by atoms with Gasteiger partial charge < -0.3 is 9.88 Å². The molecule has 0 aliphatic rings. The highest BCUT2D eigenvalue weighted by atomic mass is 32.2. The maximum absolute atomic E-state index is 12.7. The van der Waals surface area contributed by atoms with Gasteiger partial charge in [0.25, 0.3) is 0 Å². The highest BCUT2D eigenvalue weighted by molar-refractivity contribution is 8.00. The molecule has 0 bridgehead atoms. The molecule has 0 aliphatic heterocycles. The molecule has 4 rings (SSSR count). The van der Waals surface area contributed by atoms with E-state index in [2.05, 4.69) is 20.2 Å². The fourth-order valence-corrected chi connectivity index (χ4v) is 3.84. The van der Waals surface area contributed by atoms with Crippen molar-refractivity contribution >= 4 is 39.7 Å². The van der Waals surface area contributed by atoms with Crippen LogP contribution in [0.5, 0.6) is 0 Å². The maximum Gasteiger partial charge on any atom is 0.235 e. The molecule has 2 aromatic carbocycles. The number of benzene rings is 2. The van der Waals surface area contributed by atoms with E-state index in [0.29, 0.717) is 17.3 Å². The molecule has 1 N–H and O–H groups in total. The number of aromatic amines is 1. The molecule has 0 saturated carbocycles. The lowest BCUT2D eigenvalue weighted by Gasteiger charge is -2.20. The average Bonchev–Trinajstić information content (AvgIpc) is 3.05. The predicted octanol–water partition coefficient (Wildman–Crippen LogP) is 3.65. The van der Waals surface area contributed by atoms with Crippen LogP contribution in [0.25, 0.3) is 22.1 Å². The lowest BCUT2D eigenvalue weighted by atomic mass is 10.2. The Morgan fingerprint density at radius 3 is 2.67 bits per heavy atom. The zero-order chi connectivity index (χ0) is 18.8. The van der Waals surface area contributed by atoms with Crippen molar-refractivity contribution in [2.45, 2.75) is 23.9 Å². The van der Waals surface area contributed by atoms with Crippen molar-refractivity contribution in [3.63, 3.8) is 0 Å². The van der Waals surface area contributed by atoms with E-state index in [-0.39, 0.29) is 11.2 Å². The SMILES string of the molecule is C[C@@H](Sc1nnc2c(n1)[nH]c1ccccc12)C(=O)N(C)Cc1ccccc1. The van der Waals surface area contributed by atoms with Crippen LogP contribution in [-0.2, 0) is 11.3 Å². The Hall–Kier alpha value is -2.93. The van der Waals surface area contributed by atoms with Crippen LogP contribution in [-0.4, -0.2) is 43.3 Å². The molecular weight excluding hydrogens is 358 g/mol. The number of nitrogens with zero attached hydrogens (tertiary/aromatic N) is 4. The molecule has 27 heavy (non-hydrogen) atoms. The number of aromatic nitrogens is 4. The summed E-state index contributed by atoms with van der Waals surface area (Å²) in [5, 5.41) is 9.69. The Morgan fingerprint density at radius 1 is 1.11 bits per heavy atom. The Labute approximate surface area is 161 Å². The van der Waals surface area contributed by atoms with Gasteiger partial charge in [-0.3, -0.25) is 4.79 Å². The van der Waals surface area contributed by atoms with Gasteiger partial charge in [-0.15, -0.1) is 10.2 Å². The quantitative estimate of drug-likeness (QED) is 0.538. The number of hydrogen-bond donors (Lipinski definition) is 1. The molecule has 0 saturated heterocycles. The number of para-hydroxylation sites is 1. The fourth-order valence-electron chi connectivity index (χ4n) is 3.01. The van der Waals surface area contributed by atoms with Gasteiger partial charge in [-0.1, -0.05) is 60.3 Å². The van der Waals surface area contributed by atoms with E-state index in [9.17, 15) is 4.79 Å². The van der Waals surface area contributed by atoms with Gasteiger partial charge in [-0.25, -0.2) is 4.98 Å². The molecular formula is C20H19N5OS. The van der Waals surface area contributed by atoms with Crippen LogP contribution in [0.15, 0.2) is 59.8 Å². The monoisotopic (exact) mass is 377 g/mol. The Bertz CT molecular complexity index is 1100. The highest BCUT2D eigenvalue weighted by Crippen LogP contribution is 2.25. The first-order valence-corrected chi connectivity index (χ1v) is 9.56. The summed E-state index contributed by atoms with van der Waals surface area (Å²) in [6.45, 7) is 2.44. The predicted molar refractivity (Wildman–Crippen MR) is 107 cm³/mol. The van der Waals surface area contributed by atoms with Gasteiger partial charge >= 0.3 is 0 Å². The van der Waals surface area contributed by atoms with Crippen molar-refractivity contribution in [2.75, 3.05) is 7.05 Å². The molecule has 0 fully saturated rings. The molecule has 2 aromatic heterocycles. The first-order valence-electron chi connectivity index (χ1n) is 8.68. The fraction of sp³-hybridized carbons (Fsp3) is 0.200. The van der Waals surface area contributed by atoms with Gasteiger partial charge in [0.15, 0.2) is 5.65 Å². The third kappa shape index (κ3) is 3.64. The average molecular weight is 377 g/mol. The largest absolute Gasteiger partial charge is 0.340 e. The van der Waals surface area contributed by atoms with Gasteiger partial charge in [0, 0.05) is 24.5 Å². The second-order valence-corrected chi connectivity index (χ2v) is 7.71. The molecule has 0 aliphatic carbocycles. The topological polar surface area (TPSA) is 74.8 Å². The summed E-state index contributed by atoms with van der Waals surface area (Å²) in [4.78, 5) is 22.2. The molecule has 1 atom stereocenters. The smallest absolute Gasteiger partial charge is 0.235 e. The summed E-state index contributed by atoms with van der Waals surface area (Å²) in [7, 11) is 1.81. The molecule has 1 amide bonds. The molecule has 7 heteroatoms. The van der Waals surface area contributed by atoms with Crippen molar-refractivity contribution in [3.05, 3.63) is 60.2 Å². The van der Waals surface area contributed by atoms with Crippen LogP contribution in [0.2, 0.25) is 0 Å². The number of nitrogens with one attached hydrogen (secondary N) is 1. The van der Waals surface area contributed by atoms with E-state index in [4.69, 9.17) is 0 Å². The standard InChI is InChI=1S/C20H19N5OS/c1-13(19(26)25(2)12-14-8-4-3-5-9-14)27-20-22-18-17(23-24-20)15-10-6-7-11-16(15)21-18/h3-11,13H,12H2,1-2H3,(H,21,22,24)/t13-/m1/s1. The molecule has 0 unspecified atom stereocenters. The minimum absolute atomic E-state index is 0.0317. The molecule has 0 radical (unpaired) electrons. The van der Waals surface area contributed by atoms with Crippen molar-refractivity contribution in [2.24, 2.45) is 0 Å². The van der Waals surface area contributed by atoms with Crippen molar-refractivity contribution < 1.29 is 4.79 Å². The summed E-state index contributed by atoms with van der Waals surface area (Å²) in [5.74, 6) is 0.0317. The highest BCUT2D eigenvalue weighted by Gasteiger charge is 2.21. The number of carbonyl (C=O) groups excluding carboxylic acids is 1. The van der Waals surface area contributed by atoms with Crippen LogP contribution >= 0.6 is 11.8 Å². The van der Waals surface area contributed by atoms with E-state index in [0.717, 1.165) is 22.0 Å². The summed E-state index contributed by atoms with van der Waals surface area (Å²) >= 11 is 1.32. The zero-order valence-electron chi connectivity index (χ0n) is 15.1. The van der Waals surface area contributed by atoms with Gasteiger partial charge in [-0.05, 0) is 18.6 Å². The first-order chi connectivity index (χ1) is 13.1. The van der Waals surface area contributed by atoms with Gasteiger partial charge in [-0.2, -0.15) is 0 Å². The number of thioether (sulfide) groups is 1. The molecule has 2 heterocycles. The third-order valence-electron chi connectivity index (χ3n) is 4.37. The summed E-state index contributed by atoms with van der Waals surface area (Å²) in [6.07, 6.45) is 0. The summed E-state index contributed by atoms with van der Waals surface area (Å²) in [5.41, 5.74) is 3.51. The van der Waals surface area contributed by atoms with Crippen LogP contribution in [0.1, 0.15) is 12.5 Å². The zero-order valence-corrected chi connectivity index (χ0v) is 15.9. The second-order valence-electron chi connectivity index (χ2n) is 6.40. The number of hydrogen-bond acceptors (Lipinski definition) is 5. The number of fused-ring (bicyclic) bond motifs is 3. The normalized spacial score (nSPS) is 12.4. The van der Waals surface area contributed by atoms with Crippen molar-refractivity contribution in [3.8, 4) is 0 Å². The molecule has 0 spiro atoms. The van der Waals surface area contributed by atoms with E-state index >= 15 is 0 Å².